The number of benzene rings is 1. The van der Waals surface area contributed by atoms with E-state index in [2.05, 4.69) is 17.4 Å². The lowest BCUT2D eigenvalue weighted by molar-refractivity contribution is 0.1000. The van der Waals surface area contributed by atoms with Crippen molar-refractivity contribution in [2.24, 2.45) is 0 Å². The Hall–Kier alpha value is -0.970. The molecule has 2 heterocycles. The van der Waals surface area contributed by atoms with Crippen LogP contribution in [0, 0.1) is 0 Å². The van der Waals surface area contributed by atoms with Crippen molar-refractivity contribution in [3.05, 3.63) is 36.1 Å². The molecule has 0 aliphatic carbocycles. The van der Waals surface area contributed by atoms with Crippen LogP contribution in [0.1, 0.15) is 24.6 Å². The summed E-state index contributed by atoms with van der Waals surface area (Å²) in [7, 11) is 2.00. The Kier molecular flexibility index (Phi) is 4.65. The van der Waals surface area contributed by atoms with E-state index in [4.69, 9.17) is 9.15 Å². The zero-order valence-electron chi connectivity index (χ0n) is 11.8. The zero-order chi connectivity index (χ0) is 13.8. The van der Waals surface area contributed by atoms with Crippen molar-refractivity contribution in [3.63, 3.8) is 0 Å². The van der Waals surface area contributed by atoms with Crippen LogP contribution in [0.4, 0.5) is 0 Å². The Balaban J connectivity index is 1.65. The zero-order valence-corrected chi connectivity index (χ0v) is 12.6. The Morgan fingerprint density at radius 1 is 1.30 bits per heavy atom. The van der Waals surface area contributed by atoms with Crippen LogP contribution in [0.15, 0.2) is 34.7 Å². The normalized spacial score (nSPS) is 18.4. The number of hydrogen-bond acceptors (Lipinski definition) is 4. The highest BCUT2D eigenvalue weighted by molar-refractivity contribution is 7.99. The molecule has 0 spiro atoms. The molecule has 1 unspecified atom stereocenters. The lowest BCUT2D eigenvalue weighted by atomic mass is 10.2. The molecule has 1 atom stereocenters. The van der Waals surface area contributed by atoms with Gasteiger partial charge >= 0.3 is 0 Å². The largest absolute Gasteiger partial charge is 0.459 e. The molecule has 20 heavy (non-hydrogen) atoms. The first-order chi connectivity index (χ1) is 9.86. The number of para-hydroxylation sites is 1. The maximum Gasteiger partial charge on any atom is 0.134 e. The molecule has 3 nitrogen and oxygen atoms in total. The van der Waals surface area contributed by atoms with Crippen LogP contribution >= 0.6 is 11.8 Å². The van der Waals surface area contributed by atoms with E-state index in [1.165, 1.54) is 18.2 Å². The van der Waals surface area contributed by atoms with Gasteiger partial charge < -0.3 is 14.5 Å². The van der Waals surface area contributed by atoms with Crippen LogP contribution in [0.2, 0.25) is 0 Å². The predicted molar refractivity (Wildman–Crippen MR) is 84.3 cm³/mol. The number of fused-ring (bicyclic) bond motifs is 1. The molecule has 4 heteroatoms. The van der Waals surface area contributed by atoms with Crippen LogP contribution in [-0.4, -0.2) is 31.3 Å². The van der Waals surface area contributed by atoms with Crippen molar-refractivity contribution in [2.45, 2.75) is 24.1 Å². The highest BCUT2D eigenvalue weighted by atomic mass is 32.2. The number of furan rings is 1. The SMILES string of the molecule is CNC(CSC1CCOCC1)c1cc2ccccc2o1. The van der Waals surface area contributed by atoms with Crippen molar-refractivity contribution in [2.75, 3.05) is 26.0 Å². The van der Waals surface area contributed by atoms with Gasteiger partial charge in [0.15, 0.2) is 0 Å². The van der Waals surface area contributed by atoms with Crippen LogP contribution in [0.5, 0.6) is 0 Å². The fourth-order valence-corrected chi connectivity index (χ4v) is 3.88. The Morgan fingerprint density at radius 3 is 2.85 bits per heavy atom. The van der Waals surface area contributed by atoms with E-state index < -0.39 is 0 Å². The molecule has 0 bridgehead atoms. The van der Waals surface area contributed by atoms with E-state index in [1.54, 1.807) is 0 Å². The molecule has 1 aliphatic heterocycles. The van der Waals surface area contributed by atoms with Gasteiger partial charge in [0.2, 0.25) is 0 Å². The van der Waals surface area contributed by atoms with Crippen molar-refractivity contribution < 1.29 is 9.15 Å². The van der Waals surface area contributed by atoms with E-state index in [1.807, 2.05) is 37.0 Å². The average Bonchev–Trinajstić information content (AvgIpc) is 2.92. The molecule has 0 radical (unpaired) electrons. The minimum Gasteiger partial charge on any atom is -0.459 e. The molecule has 1 aromatic carbocycles. The summed E-state index contributed by atoms with van der Waals surface area (Å²) in [6, 6.07) is 10.6. The maximum absolute atomic E-state index is 5.96. The molecule has 3 rings (SSSR count). The monoisotopic (exact) mass is 291 g/mol. The quantitative estimate of drug-likeness (QED) is 0.912. The van der Waals surface area contributed by atoms with E-state index in [0.717, 1.165) is 35.6 Å². The van der Waals surface area contributed by atoms with Gasteiger partial charge in [-0.1, -0.05) is 18.2 Å². The van der Waals surface area contributed by atoms with Crippen molar-refractivity contribution >= 4 is 22.7 Å². The summed E-state index contributed by atoms with van der Waals surface area (Å²) in [5, 5.41) is 5.28. The molecule has 2 aromatic rings. The highest BCUT2D eigenvalue weighted by Gasteiger charge is 2.19. The lowest BCUT2D eigenvalue weighted by Gasteiger charge is -2.23. The van der Waals surface area contributed by atoms with Crippen molar-refractivity contribution in [3.8, 4) is 0 Å². The summed E-state index contributed by atoms with van der Waals surface area (Å²) in [6.45, 7) is 1.82. The standard InChI is InChI=1S/C16H21NO2S/c1-17-14(11-20-13-6-8-18-9-7-13)16-10-12-4-2-3-5-15(12)19-16/h2-5,10,13-14,17H,6-9,11H2,1H3. The fraction of sp³-hybridized carbons (Fsp3) is 0.500. The van der Waals surface area contributed by atoms with Gasteiger partial charge in [-0.2, -0.15) is 11.8 Å². The van der Waals surface area contributed by atoms with E-state index in [9.17, 15) is 0 Å². The number of rotatable bonds is 5. The van der Waals surface area contributed by atoms with Crippen LogP contribution in [0.25, 0.3) is 11.0 Å². The summed E-state index contributed by atoms with van der Waals surface area (Å²) in [4.78, 5) is 0. The van der Waals surface area contributed by atoms with Gasteiger partial charge in [-0.3, -0.25) is 0 Å². The van der Waals surface area contributed by atoms with Gasteiger partial charge in [-0.05, 0) is 32.0 Å². The number of hydrogen-bond donors (Lipinski definition) is 1. The maximum atomic E-state index is 5.96. The Bertz CT molecular complexity index is 515. The van der Waals surface area contributed by atoms with Crippen molar-refractivity contribution in [1.29, 1.82) is 0 Å². The van der Waals surface area contributed by atoms with Gasteiger partial charge in [0.25, 0.3) is 0 Å². The van der Waals surface area contributed by atoms with Crippen molar-refractivity contribution in [1.82, 2.24) is 5.32 Å². The molecule has 1 fully saturated rings. The second-order valence-electron chi connectivity index (χ2n) is 5.17. The molecule has 1 aromatic heterocycles. The molecule has 1 aliphatic rings. The highest BCUT2D eigenvalue weighted by Crippen LogP contribution is 2.29. The second-order valence-corrected chi connectivity index (χ2v) is 6.51. The fourth-order valence-electron chi connectivity index (χ4n) is 2.56. The number of ether oxygens (including phenoxy) is 1. The summed E-state index contributed by atoms with van der Waals surface area (Å²) in [5.74, 6) is 2.08. The molecule has 0 amide bonds. The lowest BCUT2D eigenvalue weighted by Crippen LogP contribution is -2.22. The molecule has 0 saturated carbocycles. The summed E-state index contributed by atoms with van der Waals surface area (Å²) in [5.41, 5.74) is 0.971. The summed E-state index contributed by atoms with van der Waals surface area (Å²) < 4.78 is 11.4. The van der Waals surface area contributed by atoms with Gasteiger partial charge in [-0.15, -0.1) is 0 Å². The topological polar surface area (TPSA) is 34.4 Å². The molecular weight excluding hydrogens is 270 g/mol. The van der Waals surface area contributed by atoms with E-state index in [0.29, 0.717) is 0 Å². The summed E-state index contributed by atoms with van der Waals surface area (Å²) >= 11 is 2.03. The number of nitrogens with one attached hydrogen (secondary N) is 1. The third-order valence-electron chi connectivity index (χ3n) is 3.80. The van der Waals surface area contributed by atoms with Crippen LogP contribution < -0.4 is 5.32 Å². The third kappa shape index (κ3) is 3.19. The van der Waals surface area contributed by atoms with Crippen LogP contribution in [-0.2, 0) is 4.74 Å². The molecule has 1 saturated heterocycles. The molecule has 1 N–H and O–H groups in total. The first-order valence-electron chi connectivity index (χ1n) is 7.22. The minimum absolute atomic E-state index is 0.273. The van der Waals surface area contributed by atoms with Crippen LogP contribution in [0.3, 0.4) is 0 Å². The van der Waals surface area contributed by atoms with Gasteiger partial charge in [0, 0.05) is 29.6 Å². The first kappa shape index (κ1) is 14.0. The Morgan fingerprint density at radius 2 is 2.10 bits per heavy atom. The van der Waals surface area contributed by atoms with E-state index >= 15 is 0 Å². The third-order valence-corrected chi connectivity index (χ3v) is 5.27. The second kappa shape index (κ2) is 6.66. The van der Waals surface area contributed by atoms with Gasteiger partial charge in [-0.25, -0.2) is 0 Å². The smallest absolute Gasteiger partial charge is 0.134 e. The molecule has 108 valence electrons. The average molecular weight is 291 g/mol. The number of thioether (sulfide) groups is 1. The van der Waals surface area contributed by atoms with E-state index in [-0.39, 0.29) is 6.04 Å². The predicted octanol–water partition coefficient (Wildman–Crippen LogP) is 3.61. The minimum atomic E-state index is 0.273. The van der Waals surface area contributed by atoms with Gasteiger partial charge in [0.05, 0.1) is 6.04 Å². The van der Waals surface area contributed by atoms with Gasteiger partial charge in [0.1, 0.15) is 11.3 Å². The Labute approximate surface area is 124 Å². The first-order valence-corrected chi connectivity index (χ1v) is 8.27. The molecular formula is C16H21NO2S. The summed E-state index contributed by atoms with van der Waals surface area (Å²) in [6.07, 6.45) is 2.34.